The zero-order valence-electron chi connectivity index (χ0n) is 11.4. The van der Waals surface area contributed by atoms with Gasteiger partial charge in [-0.25, -0.2) is 0 Å². The Balaban J connectivity index is 2.84. The van der Waals surface area contributed by atoms with Crippen LogP contribution < -0.4 is 5.32 Å². The summed E-state index contributed by atoms with van der Waals surface area (Å²) >= 11 is 0. The van der Waals surface area contributed by atoms with E-state index in [0.29, 0.717) is 17.7 Å². The first-order valence-electron chi connectivity index (χ1n) is 6.30. The summed E-state index contributed by atoms with van der Waals surface area (Å²) < 4.78 is 0. The third-order valence-corrected chi connectivity index (χ3v) is 3.01. The number of hydrogen-bond acceptors (Lipinski definition) is 4. The molecule has 1 aromatic rings. The van der Waals surface area contributed by atoms with Gasteiger partial charge in [0.1, 0.15) is 5.69 Å². The molecule has 0 aromatic carbocycles. The summed E-state index contributed by atoms with van der Waals surface area (Å²) in [7, 11) is 0. The highest BCUT2D eigenvalue weighted by Crippen LogP contribution is 2.17. The molecular formula is C13H21N3O2. The van der Waals surface area contributed by atoms with Crippen molar-refractivity contribution in [3.05, 3.63) is 33.6 Å². The molecule has 1 N–H and O–H groups in total. The number of nitro groups is 1. The van der Waals surface area contributed by atoms with E-state index in [0.717, 1.165) is 18.7 Å². The summed E-state index contributed by atoms with van der Waals surface area (Å²) in [5.74, 6) is 0.502. The Hall–Kier alpha value is -1.49. The molecule has 5 heteroatoms. The van der Waals surface area contributed by atoms with E-state index in [2.05, 4.69) is 31.1 Å². The monoisotopic (exact) mass is 251 g/mol. The van der Waals surface area contributed by atoms with Crippen LogP contribution >= 0.6 is 0 Å². The van der Waals surface area contributed by atoms with E-state index >= 15 is 0 Å². The first kappa shape index (κ1) is 14.6. The molecule has 0 fully saturated rings. The highest BCUT2D eigenvalue weighted by molar-refractivity contribution is 5.35. The van der Waals surface area contributed by atoms with Gasteiger partial charge in [0.25, 0.3) is 5.69 Å². The predicted molar refractivity (Wildman–Crippen MR) is 71.6 cm³/mol. The molecule has 0 saturated heterocycles. The second-order valence-corrected chi connectivity index (χ2v) is 4.78. The Bertz CT molecular complexity index is 419. The van der Waals surface area contributed by atoms with Crippen molar-refractivity contribution in [1.82, 2.24) is 10.3 Å². The minimum Gasteiger partial charge on any atom is -0.314 e. The van der Waals surface area contributed by atoms with Gasteiger partial charge in [0.2, 0.25) is 0 Å². The molecule has 1 aromatic heterocycles. The molecule has 0 radical (unpaired) electrons. The van der Waals surface area contributed by atoms with Gasteiger partial charge in [-0.15, -0.1) is 0 Å². The predicted octanol–water partition coefficient (Wildman–Crippen LogP) is 2.47. The lowest BCUT2D eigenvalue weighted by molar-refractivity contribution is -0.385. The number of likely N-dealkylation sites (N-methyl/N-ethyl adjacent to an activating group) is 1. The smallest absolute Gasteiger partial charge is 0.290 e. The first-order valence-corrected chi connectivity index (χ1v) is 6.30. The summed E-state index contributed by atoms with van der Waals surface area (Å²) in [5.41, 5.74) is 1.47. The number of pyridine rings is 1. The van der Waals surface area contributed by atoms with Crippen LogP contribution in [0.5, 0.6) is 0 Å². The average Bonchev–Trinajstić information content (AvgIpc) is 2.27. The molecular weight excluding hydrogens is 230 g/mol. The summed E-state index contributed by atoms with van der Waals surface area (Å²) in [6.07, 6.45) is 0.796. The molecule has 0 saturated carbocycles. The van der Waals surface area contributed by atoms with Crippen molar-refractivity contribution >= 4 is 5.69 Å². The maximum Gasteiger partial charge on any atom is 0.290 e. The van der Waals surface area contributed by atoms with E-state index in [9.17, 15) is 10.1 Å². The van der Waals surface area contributed by atoms with Crippen molar-refractivity contribution in [2.45, 2.75) is 40.2 Å². The van der Waals surface area contributed by atoms with E-state index in [1.807, 2.05) is 0 Å². The summed E-state index contributed by atoms with van der Waals surface area (Å²) in [4.78, 5) is 14.6. The van der Waals surface area contributed by atoms with Crippen LogP contribution in [-0.4, -0.2) is 22.5 Å². The second kappa shape index (κ2) is 6.44. The van der Waals surface area contributed by atoms with Gasteiger partial charge in [0.05, 0.1) is 4.92 Å². The summed E-state index contributed by atoms with van der Waals surface area (Å²) in [6, 6.07) is 3.64. The van der Waals surface area contributed by atoms with Gasteiger partial charge in [-0.3, -0.25) is 15.1 Å². The van der Waals surface area contributed by atoms with Gasteiger partial charge in [-0.1, -0.05) is 20.8 Å². The van der Waals surface area contributed by atoms with Gasteiger partial charge >= 0.3 is 0 Å². The van der Waals surface area contributed by atoms with Gasteiger partial charge < -0.3 is 5.32 Å². The summed E-state index contributed by atoms with van der Waals surface area (Å²) in [5, 5.41) is 14.1. The van der Waals surface area contributed by atoms with E-state index in [1.165, 1.54) is 0 Å². The summed E-state index contributed by atoms with van der Waals surface area (Å²) in [6.45, 7) is 8.98. The Morgan fingerprint density at radius 2 is 2.11 bits per heavy atom. The van der Waals surface area contributed by atoms with Crippen molar-refractivity contribution in [2.24, 2.45) is 5.92 Å². The fourth-order valence-corrected chi connectivity index (χ4v) is 1.94. The molecule has 0 bridgehead atoms. The molecule has 1 atom stereocenters. The number of rotatable bonds is 6. The normalized spacial score (nSPS) is 12.7. The number of nitrogens with one attached hydrogen (secondary N) is 1. The molecule has 1 unspecified atom stereocenters. The fourth-order valence-electron chi connectivity index (χ4n) is 1.94. The van der Waals surface area contributed by atoms with Gasteiger partial charge in [-0.05, 0) is 25.5 Å². The number of hydrogen-bond donors (Lipinski definition) is 1. The first-order chi connectivity index (χ1) is 8.45. The highest BCUT2D eigenvalue weighted by atomic mass is 16.6. The van der Waals surface area contributed by atoms with Crippen LogP contribution in [0.15, 0.2) is 12.1 Å². The van der Waals surface area contributed by atoms with E-state index < -0.39 is 4.92 Å². The molecule has 5 nitrogen and oxygen atoms in total. The average molecular weight is 251 g/mol. The van der Waals surface area contributed by atoms with Crippen molar-refractivity contribution in [2.75, 3.05) is 6.54 Å². The SMILES string of the molecule is CCNC(Cc1ccc([N+](=O)[O-])c(C)n1)C(C)C. The van der Waals surface area contributed by atoms with Crippen molar-refractivity contribution in [3.8, 4) is 0 Å². The zero-order valence-corrected chi connectivity index (χ0v) is 11.4. The molecule has 0 amide bonds. The maximum atomic E-state index is 10.7. The third kappa shape index (κ3) is 3.77. The maximum absolute atomic E-state index is 10.7. The van der Waals surface area contributed by atoms with Crippen LogP contribution in [-0.2, 0) is 6.42 Å². The quantitative estimate of drug-likeness (QED) is 0.623. The van der Waals surface area contributed by atoms with Crippen LogP contribution in [0.25, 0.3) is 0 Å². The molecule has 18 heavy (non-hydrogen) atoms. The number of nitrogens with zero attached hydrogens (tertiary/aromatic N) is 2. The standard InChI is InChI=1S/C13H21N3O2/c1-5-14-12(9(2)3)8-11-6-7-13(16(17)18)10(4)15-11/h6-7,9,12,14H,5,8H2,1-4H3. The highest BCUT2D eigenvalue weighted by Gasteiger charge is 2.16. The van der Waals surface area contributed by atoms with Gasteiger partial charge in [-0.2, -0.15) is 0 Å². The Labute approximate surface area is 108 Å². The lowest BCUT2D eigenvalue weighted by Crippen LogP contribution is -2.35. The minimum absolute atomic E-state index is 0.0864. The molecule has 100 valence electrons. The largest absolute Gasteiger partial charge is 0.314 e. The number of aryl methyl sites for hydroxylation is 1. The van der Waals surface area contributed by atoms with E-state index in [-0.39, 0.29) is 5.69 Å². The van der Waals surface area contributed by atoms with Crippen LogP contribution in [0, 0.1) is 23.0 Å². The molecule has 0 aliphatic heterocycles. The van der Waals surface area contributed by atoms with Crippen LogP contribution in [0.1, 0.15) is 32.2 Å². The molecule has 0 spiro atoms. The Kier molecular flexibility index (Phi) is 5.22. The third-order valence-electron chi connectivity index (χ3n) is 3.01. The van der Waals surface area contributed by atoms with Crippen molar-refractivity contribution < 1.29 is 4.92 Å². The van der Waals surface area contributed by atoms with Crippen molar-refractivity contribution in [1.29, 1.82) is 0 Å². The molecule has 0 aliphatic carbocycles. The van der Waals surface area contributed by atoms with Gasteiger partial charge in [0, 0.05) is 24.2 Å². The van der Waals surface area contributed by atoms with E-state index in [1.54, 1.807) is 19.1 Å². The molecule has 1 rings (SSSR count). The number of aromatic nitrogens is 1. The second-order valence-electron chi connectivity index (χ2n) is 4.78. The fraction of sp³-hybridized carbons (Fsp3) is 0.615. The zero-order chi connectivity index (χ0) is 13.7. The Morgan fingerprint density at radius 3 is 2.56 bits per heavy atom. The van der Waals surface area contributed by atoms with E-state index in [4.69, 9.17) is 0 Å². The lowest BCUT2D eigenvalue weighted by atomic mass is 9.98. The molecule has 0 aliphatic rings. The minimum atomic E-state index is -0.393. The van der Waals surface area contributed by atoms with Crippen LogP contribution in [0.2, 0.25) is 0 Å². The molecule has 1 heterocycles. The van der Waals surface area contributed by atoms with Crippen molar-refractivity contribution in [3.63, 3.8) is 0 Å². The van der Waals surface area contributed by atoms with Crippen LogP contribution in [0.4, 0.5) is 5.69 Å². The topological polar surface area (TPSA) is 68.1 Å². The van der Waals surface area contributed by atoms with Crippen LogP contribution in [0.3, 0.4) is 0 Å². The van der Waals surface area contributed by atoms with Gasteiger partial charge in [0.15, 0.2) is 0 Å². The Morgan fingerprint density at radius 1 is 1.44 bits per heavy atom. The lowest BCUT2D eigenvalue weighted by Gasteiger charge is -2.21.